The quantitative estimate of drug-likeness (QED) is 0.784. The molecule has 0 aliphatic heterocycles. The number of Topliss-reactive ketones (excluding diaryl/α,β-unsaturated/α-hetero) is 1. The molecule has 3 N–H and O–H groups in total. The molecule has 4 nitrogen and oxygen atoms in total. The average molecular weight is 356 g/mol. The van der Waals surface area contributed by atoms with E-state index in [2.05, 4.69) is 10.6 Å². The summed E-state index contributed by atoms with van der Waals surface area (Å²) in [5, 5.41) is 5.29. The molecule has 5 rings (SSSR count). The van der Waals surface area contributed by atoms with E-state index in [1.807, 2.05) is 30.3 Å². The fraction of sp³-hybridized carbons (Fsp3) is 0.636. The monoisotopic (exact) mass is 355 g/mol. The molecule has 0 aromatic heterocycles. The second kappa shape index (κ2) is 7.15. The van der Waals surface area contributed by atoms with E-state index < -0.39 is 6.04 Å². The van der Waals surface area contributed by atoms with Gasteiger partial charge in [0.15, 0.2) is 12.3 Å². The van der Waals surface area contributed by atoms with Gasteiger partial charge in [-0.25, -0.2) is 0 Å². The normalized spacial score (nSPS) is 33.0. The van der Waals surface area contributed by atoms with Crippen molar-refractivity contribution in [2.24, 2.45) is 17.8 Å². The molecule has 0 unspecified atom stereocenters. The highest BCUT2D eigenvalue weighted by Gasteiger charge is 2.53. The van der Waals surface area contributed by atoms with Crippen molar-refractivity contribution in [3.05, 3.63) is 35.9 Å². The van der Waals surface area contributed by atoms with Crippen LogP contribution in [0.2, 0.25) is 0 Å². The van der Waals surface area contributed by atoms with Gasteiger partial charge in [0, 0.05) is 19.3 Å². The van der Waals surface area contributed by atoms with E-state index in [-0.39, 0.29) is 11.7 Å². The molecule has 0 heterocycles. The largest absolute Gasteiger partial charge is 0.341 e. The average Bonchev–Trinajstić information content (AvgIpc) is 2.59. The molecule has 1 aromatic carbocycles. The van der Waals surface area contributed by atoms with Gasteiger partial charge in [-0.15, -0.1) is 0 Å². The smallest absolute Gasteiger partial charge is 0.275 e. The van der Waals surface area contributed by atoms with Gasteiger partial charge in [0.25, 0.3) is 5.91 Å². The molecule has 4 heteroatoms. The van der Waals surface area contributed by atoms with Gasteiger partial charge in [0.1, 0.15) is 0 Å². The number of carbonyl (C=O) groups excluding carboxylic acids is 2. The summed E-state index contributed by atoms with van der Waals surface area (Å²) in [6.07, 6.45) is 8.68. The van der Waals surface area contributed by atoms with Crippen molar-refractivity contribution in [1.82, 2.24) is 5.32 Å². The Bertz CT molecular complexity index is 635. The Morgan fingerprint density at radius 2 is 1.65 bits per heavy atom. The number of quaternary nitrogens is 1. The minimum Gasteiger partial charge on any atom is -0.341 e. The summed E-state index contributed by atoms with van der Waals surface area (Å²) in [6.45, 7) is 2.02. The van der Waals surface area contributed by atoms with Crippen LogP contribution in [0.3, 0.4) is 0 Å². The van der Waals surface area contributed by atoms with Crippen molar-refractivity contribution >= 4 is 11.7 Å². The third-order valence-corrected chi connectivity index (χ3v) is 6.91. The van der Waals surface area contributed by atoms with Gasteiger partial charge in [0.2, 0.25) is 0 Å². The molecule has 4 bridgehead atoms. The molecular formula is C22H31N2O2+. The van der Waals surface area contributed by atoms with Crippen LogP contribution in [0.5, 0.6) is 0 Å². The number of nitrogens with one attached hydrogen (secondary N) is 1. The summed E-state index contributed by atoms with van der Waals surface area (Å²) in [4.78, 5) is 24.5. The standard InChI is InChI=1S/C22H30N2O2/c1-15(25)20(10-16-5-3-2-4-6-16)24-21(26)14-23-22-11-17-7-18(12-22)9-19(8-17)13-22/h2-6,17-20,23H,7-14H2,1H3,(H,24,26)/p+1/t17?,18?,19?,20-,22?/m1/s1. The summed E-state index contributed by atoms with van der Waals surface area (Å²) in [7, 11) is 0. The van der Waals surface area contributed by atoms with Crippen molar-refractivity contribution in [3.63, 3.8) is 0 Å². The molecular weight excluding hydrogens is 324 g/mol. The third kappa shape index (κ3) is 3.85. The van der Waals surface area contributed by atoms with Gasteiger partial charge < -0.3 is 10.6 Å². The van der Waals surface area contributed by atoms with Crippen LogP contribution in [-0.2, 0) is 16.0 Å². The van der Waals surface area contributed by atoms with Gasteiger partial charge in [-0.1, -0.05) is 30.3 Å². The van der Waals surface area contributed by atoms with Crippen molar-refractivity contribution in [2.75, 3.05) is 6.54 Å². The highest BCUT2D eigenvalue weighted by molar-refractivity contribution is 5.88. The number of ketones is 1. The molecule has 4 saturated carbocycles. The van der Waals surface area contributed by atoms with Crippen molar-refractivity contribution < 1.29 is 14.9 Å². The minimum atomic E-state index is -0.422. The van der Waals surface area contributed by atoms with E-state index in [1.54, 1.807) is 6.92 Å². The Balaban J connectivity index is 1.32. The van der Waals surface area contributed by atoms with E-state index in [0.29, 0.717) is 18.5 Å². The van der Waals surface area contributed by atoms with Crippen molar-refractivity contribution in [1.29, 1.82) is 0 Å². The second-order valence-corrected chi connectivity index (χ2v) is 9.11. The number of hydrogen-bond donors (Lipinski definition) is 2. The fourth-order valence-corrected chi connectivity index (χ4v) is 6.14. The maximum absolute atomic E-state index is 12.5. The third-order valence-electron chi connectivity index (χ3n) is 6.91. The molecule has 1 amide bonds. The first-order chi connectivity index (χ1) is 12.5. The molecule has 0 spiro atoms. The Labute approximate surface area is 156 Å². The first-order valence-electron chi connectivity index (χ1n) is 10.2. The Kier molecular flexibility index (Phi) is 4.87. The first-order valence-corrected chi connectivity index (χ1v) is 10.2. The van der Waals surface area contributed by atoms with Gasteiger partial charge in [-0.05, 0) is 55.9 Å². The number of benzene rings is 1. The van der Waals surface area contributed by atoms with Crippen molar-refractivity contribution in [2.45, 2.75) is 63.5 Å². The zero-order valence-electron chi connectivity index (χ0n) is 15.7. The van der Waals surface area contributed by atoms with E-state index in [9.17, 15) is 9.59 Å². The molecule has 4 aliphatic carbocycles. The highest BCUT2D eigenvalue weighted by Crippen LogP contribution is 2.54. The predicted molar refractivity (Wildman–Crippen MR) is 100 cm³/mol. The molecule has 0 radical (unpaired) electrons. The lowest BCUT2D eigenvalue weighted by Gasteiger charge is -2.54. The number of nitrogens with two attached hydrogens (primary N) is 1. The van der Waals surface area contributed by atoms with Gasteiger partial charge >= 0.3 is 0 Å². The fourth-order valence-electron chi connectivity index (χ4n) is 6.14. The van der Waals surface area contributed by atoms with Crippen molar-refractivity contribution in [3.8, 4) is 0 Å². The number of carbonyl (C=O) groups is 2. The number of hydrogen-bond acceptors (Lipinski definition) is 2. The summed E-state index contributed by atoms with van der Waals surface area (Å²) >= 11 is 0. The van der Waals surface area contributed by atoms with Crippen LogP contribution in [0.15, 0.2) is 30.3 Å². The molecule has 1 atom stereocenters. The summed E-state index contributed by atoms with van der Waals surface area (Å²) < 4.78 is 0. The lowest BCUT2D eigenvalue weighted by molar-refractivity contribution is -0.730. The van der Waals surface area contributed by atoms with Crippen LogP contribution in [-0.4, -0.2) is 29.8 Å². The van der Waals surface area contributed by atoms with Gasteiger partial charge in [0.05, 0.1) is 11.6 Å². The lowest BCUT2D eigenvalue weighted by Crippen LogP contribution is -3.00. The van der Waals surface area contributed by atoms with Gasteiger partial charge in [-0.3, -0.25) is 9.59 Å². The summed E-state index contributed by atoms with van der Waals surface area (Å²) in [6, 6.07) is 9.48. The van der Waals surface area contributed by atoms with E-state index in [0.717, 1.165) is 23.3 Å². The maximum Gasteiger partial charge on any atom is 0.275 e. The van der Waals surface area contributed by atoms with Crippen LogP contribution in [0.4, 0.5) is 0 Å². The molecule has 1 aromatic rings. The number of rotatable bonds is 7. The molecule has 140 valence electrons. The van der Waals surface area contributed by atoms with E-state index in [1.165, 1.54) is 38.5 Å². The van der Waals surface area contributed by atoms with E-state index in [4.69, 9.17) is 0 Å². The predicted octanol–water partition coefficient (Wildman–Crippen LogP) is 1.84. The molecule has 4 fully saturated rings. The topological polar surface area (TPSA) is 62.8 Å². The Hall–Kier alpha value is -1.68. The lowest BCUT2D eigenvalue weighted by atomic mass is 9.53. The minimum absolute atomic E-state index is 0.00289. The SMILES string of the molecule is CC(=O)[C@@H](Cc1ccccc1)NC(=O)C[NH2+]C12CC3CC(CC(C3)C1)C2. The zero-order chi connectivity index (χ0) is 18.1. The summed E-state index contributed by atoms with van der Waals surface area (Å²) in [5.74, 6) is 2.70. The van der Waals surface area contributed by atoms with Crippen LogP contribution in [0.1, 0.15) is 51.0 Å². The molecule has 4 aliphatic rings. The highest BCUT2D eigenvalue weighted by atomic mass is 16.2. The van der Waals surface area contributed by atoms with Crippen LogP contribution in [0, 0.1) is 17.8 Å². The van der Waals surface area contributed by atoms with Gasteiger partial charge in [-0.2, -0.15) is 0 Å². The number of amides is 1. The van der Waals surface area contributed by atoms with Crippen LogP contribution < -0.4 is 10.6 Å². The van der Waals surface area contributed by atoms with Crippen LogP contribution >= 0.6 is 0 Å². The Morgan fingerprint density at radius 3 is 2.19 bits per heavy atom. The maximum atomic E-state index is 12.5. The summed E-state index contributed by atoms with van der Waals surface area (Å²) in [5.41, 5.74) is 1.38. The van der Waals surface area contributed by atoms with E-state index >= 15 is 0 Å². The molecule has 26 heavy (non-hydrogen) atoms. The molecule has 0 saturated heterocycles. The van der Waals surface area contributed by atoms with Crippen LogP contribution in [0.25, 0.3) is 0 Å². The second-order valence-electron chi connectivity index (χ2n) is 9.11. The Morgan fingerprint density at radius 1 is 1.08 bits per heavy atom. The zero-order valence-corrected chi connectivity index (χ0v) is 15.7. The first kappa shape index (κ1) is 17.7.